The Morgan fingerprint density at radius 2 is 1.43 bits per heavy atom. The number of nitrogens with one attached hydrogen (secondary N) is 1. The predicted octanol–water partition coefficient (Wildman–Crippen LogP) is 3.62. The van der Waals surface area contributed by atoms with Crippen LogP contribution >= 0.6 is 0 Å². The molecular formula is C19H23NO2S. The molecule has 0 spiro atoms. The van der Waals surface area contributed by atoms with E-state index >= 15 is 0 Å². The minimum Gasteiger partial charge on any atom is -0.214 e. The van der Waals surface area contributed by atoms with Crippen molar-refractivity contribution < 1.29 is 8.42 Å². The summed E-state index contributed by atoms with van der Waals surface area (Å²) in [4.78, 5) is 0. The molecule has 23 heavy (non-hydrogen) atoms. The molecule has 3 rings (SSSR count). The van der Waals surface area contributed by atoms with E-state index in [-0.39, 0.29) is 11.2 Å². The Kier molecular flexibility index (Phi) is 4.83. The molecule has 1 saturated carbocycles. The molecule has 0 bridgehead atoms. The van der Waals surface area contributed by atoms with Crippen molar-refractivity contribution in [2.24, 2.45) is 0 Å². The molecule has 0 atom stereocenters. The van der Waals surface area contributed by atoms with E-state index in [9.17, 15) is 8.42 Å². The van der Waals surface area contributed by atoms with Crippen LogP contribution in [-0.2, 0) is 21.2 Å². The first-order valence-electron chi connectivity index (χ1n) is 8.17. The average molecular weight is 329 g/mol. The quantitative estimate of drug-likeness (QED) is 0.880. The summed E-state index contributed by atoms with van der Waals surface area (Å²) in [6, 6.07) is 19.7. The highest BCUT2D eigenvalue weighted by Crippen LogP contribution is 2.40. The Balaban J connectivity index is 1.72. The lowest BCUT2D eigenvalue weighted by Crippen LogP contribution is -2.39. The average Bonchev–Trinajstić information content (AvgIpc) is 3.05. The molecule has 0 aromatic heterocycles. The Labute approximate surface area is 138 Å². The van der Waals surface area contributed by atoms with Gasteiger partial charge in [0.2, 0.25) is 10.0 Å². The summed E-state index contributed by atoms with van der Waals surface area (Å²) in [5.41, 5.74) is 2.02. The van der Waals surface area contributed by atoms with Gasteiger partial charge in [0.15, 0.2) is 0 Å². The van der Waals surface area contributed by atoms with Gasteiger partial charge in [0, 0.05) is 12.0 Å². The molecule has 0 heterocycles. The number of benzene rings is 2. The third-order valence-corrected chi connectivity index (χ3v) is 6.07. The summed E-state index contributed by atoms with van der Waals surface area (Å²) in [6.07, 6.45) is 4.42. The van der Waals surface area contributed by atoms with Crippen molar-refractivity contribution in [2.45, 2.75) is 36.9 Å². The topological polar surface area (TPSA) is 46.2 Å². The number of sulfonamides is 1. The van der Waals surface area contributed by atoms with Crippen molar-refractivity contribution >= 4 is 10.0 Å². The summed E-state index contributed by atoms with van der Waals surface area (Å²) in [7, 11) is -3.32. The smallest absolute Gasteiger partial charge is 0.214 e. The third-order valence-electron chi connectivity index (χ3n) is 4.78. The molecule has 122 valence electrons. The molecule has 4 heteroatoms. The van der Waals surface area contributed by atoms with E-state index < -0.39 is 10.0 Å². The van der Waals surface area contributed by atoms with E-state index in [1.807, 2.05) is 48.5 Å². The van der Waals surface area contributed by atoms with Gasteiger partial charge in [-0.1, -0.05) is 73.5 Å². The summed E-state index contributed by atoms with van der Waals surface area (Å²) >= 11 is 0. The molecular weight excluding hydrogens is 306 g/mol. The molecule has 3 nitrogen and oxygen atoms in total. The van der Waals surface area contributed by atoms with E-state index in [0.29, 0.717) is 6.54 Å². The normalized spacial score (nSPS) is 17.2. The molecule has 0 unspecified atom stereocenters. The molecule has 0 saturated heterocycles. The second-order valence-electron chi connectivity index (χ2n) is 6.42. The first-order valence-corrected chi connectivity index (χ1v) is 9.82. The van der Waals surface area contributed by atoms with E-state index in [4.69, 9.17) is 0 Å². The Bertz CT molecular complexity index is 720. The second kappa shape index (κ2) is 6.85. The molecule has 0 amide bonds. The van der Waals surface area contributed by atoms with Gasteiger partial charge in [0.1, 0.15) is 0 Å². The fourth-order valence-electron chi connectivity index (χ4n) is 3.50. The van der Waals surface area contributed by atoms with Crippen LogP contribution in [0, 0.1) is 0 Å². The zero-order chi connectivity index (χ0) is 16.2. The van der Waals surface area contributed by atoms with Crippen molar-refractivity contribution in [1.29, 1.82) is 0 Å². The SMILES string of the molecule is O=S(=O)(Cc1ccccc1)NCC1(c2ccccc2)CCCC1. The molecule has 1 aliphatic carbocycles. The van der Waals surface area contributed by atoms with E-state index in [1.54, 1.807) is 0 Å². The summed E-state index contributed by atoms with van der Waals surface area (Å²) in [5, 5.41) is 0. The number of hydrogen-bond acceptors (Lipinski definition) is 2. The molecule has 1 aliphatic rings. The molecule has 1 fully saturated rings. The fourth-order valence-corrected chi connectivity index (χ4v) is 4.73. The van der Waals surface area contributed by atoms with Gasteiger partial charge in [-0.15, -0.1) is 0 Å². The Morgan fingerprint density at radius 1 is 0.870 bits per heavy atom. The van der Waals surface area contributed by atoms with Crippen molar-refractivity contribution in [2.75, 3.05) is 6.54 Å². The highest BCUT2D eigenvalue weighted by atomic mass is 32.2. The molecule has 2 aromatic carbocycles. The van der Waals surface area contributed by atoms with Gasteiger partial charge < -0.3 is 0 Å². The molecule has 2 aromatic rings. The molecule has 0 aliphatic heterocycles. The maximum absolute atomic E-state index is 12.4. The van der Waals surface area contributed by atoms with Gasteiger partial charge in [-0.3, -0.25) is 0 Å². The maximum atomic E-state index is 12.4. The summed E-state index contributed by atoms with van der Waals surface area (Å²) in [6.45, 7) is 0.492. The van der Waals surface area contributed by atoms with Gasteiger partial charge >= 0.3 is 0 Å². The lowest BCUT2D eigenvalue weighted by atomic mass is 9.79. The first-order chi connectivity index (χ1) is 11.1. The second-order valence-corrected chi connectivity index (χ2v) is 8.23. The fraction of sp³-hybridized carbons (Fsp3) is 0.368. The van der Waals surface area contributed by atoms with E-state index in [0.717, 1.165) is 31.2 Å². The van der Waals surface area contributed by atoms with Crippen LogP contribution in [0.2, 0.25) is 0 Å². The Hall–Kier alpha value is -1.65. The van der Waals surface area contributed by atoms with Gasteiger partial charge in [-0.2, -0.15) is 0 Å². The summed E-state index contributed by atoms with van der Waals surface area (Å²) in [5.74, 6) is 0.0404. The minimum absolute atomic E-state index is 0.0404. The zero-order valence-electron chi connectivity index (χ0n) is 13.2. The van der Waals surface area contributed by atoms with Crippen LogP contribution in [0.4, 0.5) is 0 Å². The van der Waals surface area contributed by atoms with Crippen LogP contribution in [-0.4, -0.2) is 15.0 Å². The van der Waals surface area contributed by atoms with Crippen molar-refractivity contribution in [3.05, 3.63) is 71.8 Å². The van der Waals surface area contributed by atoms with Crippen LogP contribution in [0.15, 0.2) is 60.7 Å². The van der Waals surface area contributed by atoms with Crippen LogP contribution in [0.5, 0.6) is 0 Å². The highest BCUT2D eigenvalue weighted by Gasteiger charge is 2.36. The zero-order valence-corrected chi connectivity index (χ0v) is 14.1. The van der Waals surface area contributed by atoms with Gasteiger partial charge in [0.25, 0.3) is 0 Å². The number of hydrogen-bond donors (Lipinski definition) is 1. The van der Waals surface area contributed by atoms with Crippen LogP contribution < -0.4 is 4.72 Å². The largest absolute Gasteiger partial charge is 0.215 e. The van der Waals surface area contributed by atoms with E-state index in [2.05, 4.69) is 16.9 Å². The number of rotatable bonds is 6. The predicted molar refractivity (Wildman–Crippen MR) is 93.7 cm³/mol. The monoisotopic (exact) mass is 329 g/mol. The van der Waals surface area contributed by atoms with Crippen molar-refractivity contribution in [1.82, 2.24) is 4.72 Å². The highest BCUT2D eigenvalue weighted by molar-refractivity contribution is 7.88. The Morgan fingerprint density at radius 3 is 2.04 bits per heavy atom. The van der Waals surface area contributed by atoms with Crippen molar-refractivity contribution in [3.8, 4) is 0 Å². The minimum atomic E-state index is -3.32. The molecule has 0 radical (unpaired) electrons. The maximum Gasteiger partial charge on any atom is 0.215 e. The molecule has 1 N–H and O–H groups in total. The van der Waals surface area contributed by atoms with Gasteiger partial charge in [-0.05, 0) is 24.0 Å². The van der Waals surface area contributed by atoms with Crippen LogP contribution in [0.3, 0.4) is 0 Å². The summed E-state index contributed by atoms with van der Waals surface area (Å²) < 4.78 is 27.7. The van der Waals surface area contributed by atoms with Gasteiger partial charge in [0.05, 0.1) is 5.75 Å². The van der Waals surface area contributed by atoms with Crippen molar-refractivity contribution in [3.63, 3.8) is 0 Å². The lowest BCUT2D eigenvalue weighted by Gasteiger charge is -2.30. The third kappa shape index (κ3) is 4.01. The van der Waals surface area contributed by atoms with Crippen LogP contribution in [0.25, 0.3) is 0 Å². The van der Waals surface area contributed by atoms with Gasteiger partial charge in [-0.25, -0.2) is 13.1 Å². The van der Waals surface area contributed by atoms with E-state index in [1.165, 1.54) is 5.56 Å². The standard InChI is InChI=1S/C19H23NO2S/c21-23(22,15-17-9-3-1-4-10-17)20-16-19(13-7-8-14-19)18-11-5-2-6-12-18/h1-6,9-12,20H,7-8,13-16H2. The van der Waals surface area contributed by atoms with Crippen LogP contribution in [0.1, 0.15) is 36.8 Å². The first kappa shape index (κ1) is 16.2. The lowest BCUT2D eigenvalue weighted by molar-refractivity contribution is 0.432.